The Balaban J connectivity index is 1.61. The van der Waals surface area contributed by atoms with Crippen molar-refractivity contribution < 1.29 is 9.47 Å². The predicted octanol–water partition coefficient (Wildman–Crippen LogP) is 4.06. The zero-order chi connectivity index (χ0) is 17.1. The van der Waals surface area contributed by atoms with Gasteiger partial charge in [0.15, 0.2) is 22.4 Å². The Kier molecular flexibility index (Phi) is 5.43. The largest absolute Gasteiger partial charge is 0.486 e. The molecule has 0 aliphatic carbocycles. The molecule has 1 aromatic heterocycles. The third kappa shape index (κ3) is 3.91. The number of thiocarbonyl (C=S) groups is 1. The van der Waals surface area contributed by atoms with Crippen LogP contribution in [0.15, 0.2) is 28.9 Å². The van der Waals surface area contributed by atoms with Crippen molar-refractivity contribution in [1.82, 2.24) is 10.3 Å². The van der Waals surface area contributed by atoms with E-state index in [0.717, 1.165) is 27.1 Å². The number of nitrogens with zero attached hydrogens (tertiary/aromatic N) is 1. The van der Waals surface area contributed by atoms with E-state index < -0.39 is 0 Å². The smallest absolute Gasteiger partial charge is 0.172 e. The third-order valence-corrected chi connectivity index (χ3v) is 5.00. The molecule has 126 valence electrons. The maximum atomic E-state index is 6.27. The van der Waals surface area contributed by atoms with Crippen LogP contribution >= 0.6 is 39.7 Å². The van der Waals surface area contributed by atoms with Gasteiger partial charge in [0.2, 0.25) is 0 Å². The Morgan fingerprint density at radius 3 is 2.88 bits per heavy atom. The summed E-state index contributed by atoms with van der Waals surface area (Å²) in [7, 11) is 0. The molecule has 0 atom stereocenters. The predicted molar refractivity (Wildman–Crippen MR) is 102 cm³/mol. The minimum Gasteiger partial charge on any atom is -0.486 e. The number of halogens is 2. The Bertz CT molecular complexity index is 788. The molecule has 2 aromatic rings. The van der Waals surface area contributed by atoms with E-state index in [1.165, 1.54) is 0 Å². The summed E-state index contributed by atoms with van der Waals surface area (Å²) in [5.74, 6) is 2.05. The highest BCUT2D eigenvalue weighted by Gasteiger charge is 2.12. The number of ether oxygens (including phenoxy) is 2. The molecule has 0 radical (unpaired) electrons. The normalized spacial score (nSPS) is 12.6. The van der Waals surface area contributed by atoms with Gasteiger partial charge in [0.1, 0.15) is 13.2 Å². The summed E-state index contributed by atoms with van der Waals surface area (Å²) in [6.45, 7) is 3.61. The highest BCUT2D eigenvalue weighted by Crippen LogP contribution is 2.31. The number of nitrogens with one attached hydrogen (secondary N) is 2. The molecule has 0 fully saturated rings. The van der Waals surface area contributed by atoms with E-state index in [1.807, 2.05) is 25.1 Å². The van der Waals surface area contributed by atoms with Gasteiger partial charge in [0, 0.05) is 17.2 Å². The lowest BCUT2D eigenvalue weighted by atomic mass is 10.2. The second kappa shape index (κ2) is 7.55. The van der Waals surface area contributed by atoms with E-state index in [4.69, 9.17) is 33.3 Å². The molecule has 5 nitrogen and oxygen atoms in total. The first-order valence-electron chi connectivity index (χ1n) is 7.28. The fourth-order valence-electron chi connectivity index (χ4n) is 2.18. The topological polar surface area (TPSA) is 55.4 Å². The van der Waals surface area contributed by atoms with Crippen LogP contribution in [0.5, 0.6) is 11.5 Å². The van der Waals surface area contributed by atoms with Crippen LogP contribution in [-0.2, 0) is 6.54 Å². The molecule has 3 rings (SSSR count). The quantitative estimate of drug-likeness (QED) is 0.719. The molecule has 0 saturated carbocycles. The number of fused-ring (bicyclic) bond motifs is 1. The first-order chi connectivity index (χ1) is 11.5. The van der Waals surface area contributed by atoms with Crippen LogP contribution in [0.4, 0.5) is 5.82 Å². The Morgan fingerprint density at radius 2 is 2.08 bits per heavy atom. The Morgan fingerprint density at radius 1 is 1.33 bits per heavy atom. The van der Waals surface area contributed by atoms with E-state index in [2.05, 4.69) is 31.5 Å². The summed E-state index contributed by atoms with van der Waals surface area (Å²) in [6, 6.07) is 5.82. The molecule has 24 heavy (non-hydrogen) atoms. The number of hydrogen-bond acceptors (Lipinski definition) is 4. The van der Waals surface area contributed by atoms with Crippen molar-refractivity contribution >= 4 is 50.7 Å². The molecule has 2 N–H and O–H groups in total. The maximum absolute atomic E-state index is 6.27. The minimum atomic E-state index is 0.445. The number of hydrogen-bond donors (Lipinski definition) is 2. The van der Waals surface area contributed by atoms with Gasteiger partial charge in [0.25, 0.3) is 0 Å². The van der Waals surface area contributed by atoms with Crippen molar-refractivity contribution in [1.29, 1.82) is 0 Å². The molecule has 0 amide bonds. The zero-order valence-corrected chi connectivity index (χ0v) is 16.0. The second-order valence-corrected chi connectivity index (χ2v) is 6.82. The highest BCUT2D eigenvalue weighted by atomic mass is 79.9. The lowest BCUT2D eigenvalue weighted by Crippen LogP contribution is -2.28. The molecular weight excluding hydrogens is 414 g/mol. The molecule has 1 aliphatic heterocycles. The summed E-state index contributed by atoms with van der Waals surface area (Å²) in [4.78, 5) is 4.24. The molecule has 0 saturated heterocycles. The minimum absolute atomic E-state index is 0.445. The summed E-state index contributed by atoms with van der Waals surface area (Å²) in [5.41, 5.74) is 1.94. The van der Waals surface area contributed by atoms with Gasteiger partial charge < -0.3 is 20.1 Å². The molecule has 2 heterocycles. The average molecular weight is 429 g/mol. The number of rotatable bonds is 3. The molecule has 8 heteroatoms. The number of pyridine rings is 1. The first-order valence-corrected chi connectivity index (χ1v) is 8.86. The summed E-state index contributed by atoms with van der Waals surface area (Å²) >= 11 is 15.0. The van der Waals surface area contributed by atoms with Crippen molar-refractivity contribution in [2.45, 2.75) is 13.5 Å². The van der Waals surface area contributed by atoms with Crippen molar-refractivity contribution in [2.24, 2.45) is 0 Å². The van der Waals surface area contributed by atoms with Crippen molar-refractivity contribution in [2.75, 3.05) is 18.5 Å². The summed E-state index contributed by atoms with van der Waals surface area (Å²) in [6.07, 6.45) is 1.69. The van der Waals surface area contributed by atoms with Crippen LogP contribution in [0.25, 0.3) is 0 Å². The van der Waals surface area contributed by atoms with Crippen molar-refractivity contribution in [3.05, 3.63) is 45.0 Å². The first kappa shape index (κ1) is 17.3. The van der Waals surface area contributed by atoms with E-state index in [9.17, 15) is 0 Å². The highest BCUT2D eigenvalue weighted by molar-refractivity contribution is 9.10. The lowest BCUT2D eigenvalue weighted by molar-refractivity contribution is 0.171. The molecule has 0 unspecified atom stereocenters. The van der Waals surface area contributed by atoms with Gasteiger partial charge in [-0.15, -0.1) is 0 Å². The Hall–Kier alpha value is -1.57. The van der Waals surface area contributed by atoms with E-state index >= 15 is 0 Å². The standard InChI is InChI=1S/C16H15BrClN3O2S/c1-9-11(17)8-19-15(14(9)18)21-16(24)20-7-10-2-3-12-13(6-10)23-5-4-22-12/h2-3,6,8H,4-5,7H2,1H3,(H2,19,20,21,24). The van der Waals surface area contributed by atoms with Gasteiger partial charge >= 0.3 is 0 Å². The third-order valence-electron chi connectivity index (χ3n) is 3.49. The van der Waals surface area contributed by atoms with Gasteiger partial charge in [-0.3, -0.25) is 0 Å². The van der Waals surface area contributed by atoms with Gasteiger partial charge in [0.05, 0.1) is 5.02 Å². The summed E-state index contributed by atoms with van der Waals surface area (Å²) in [5, 5.41) is 7.12. The molecule has 1 aromatic carbocycles. The molecule has 0 spiro atoms. The molecule has 0 bridgehead atoms. The fourth-order valence-corrected chi connectivity index (χ4v) is 2.96. The number of benzene rings is 1. The van der Waals surface area contributed by atoms with Crippen LogP contribution in [-0.4, -0.2) is 23.3 Å². The van der Waals surface area contributed by atoms with Crippen molar-refractivity contribution in [3.8, 4) is 11.5 Å². The maximum Gasteiger partial charge on any atom is 0.172 e. The van der Waals surface area contributed by atoms with Gasteiger partial charge in [-0.25, -0.2) is 4.98 Å². The summed E-state index contributed by atoms with van der Waals surface area (Å²) < 4.78 is 11.9. The van der Waals surface area contributed by atoms with Gasteiger partial charge in [-0.05, 0) is 58.3 Å². The van der Waals surface area contributed by atoms with Crippen LogP contribution in [0.2, 0.25) is 5.02 Å². The van der Waals surface area contributed by atoms with E-state index in [1.54, 1.807) is 6.20 Å². The monoisotopic (exact) mass is 427 g/mol. The van der Waals surface area contributed by atoms with Crippen LogP contribution < -0.4 is 20.1 Å². The van der Waals surface area contributed by atoms with E-state index in [-0.39, 0.29) is 0 Å². The molecular formula is C16H15BrClN3O2S. The number of anilines is 1. The lowest BCUT2D eigenvalue weighted by Gasteiger charge is -2.19. The van der Waals surface area contributed by atoms with Crippen LogP contribution in [0.3, 0.4) is 0 Å². The SMILES string of the molecule is Cc1c(Br)cnc(NC(=S)NCc2ccc3c(c2)OCCO3)c1Cl. The van der Waals surface area contributed by atoms with E-state index in [0.29, 0.717) is 35.7 Å². The van der Waals surface area contributed by atoms with Crippen LogP contribution in [0, 0.1) is 6.92 Å². The molecule has 1 aliphatic rings. The second-order valence-electron chi connectivity index (χ2n) is 5.18. The van der Waals surface area contributed by atoms with Crippen molar-refractivity contribution in [3.63, 3.8) is 0 Å². The van der Waals surface area contributed by atoms with Gasteiger partial charge in [-0.2, -0.15) is 0 Å². The Labute approximate surface area is 158 Å². The zero-order valence-electron chi connectivity index (χ0n) is 12.9. The number of aromatic nitrogens is 1. The van der Waals surface area contributed by atoms with Gasteiger partial charge in [-0.1, -0.05) is 17.7 Å². The van der Waals surface area contributed by atoms with Crippen LogP contribution in [0.1, 0.15) is 11.1 Å². The average Bonchev–Trinajstić information content (AvgIpc) is 2.60. The fraction of sp³-hybridized carbons (Fsp3) is 0.250.